The van der Waals surface area contributed by atoms with E-state index in [0.717, 1.165) is 18.4 Å². The number of hydrogen-bond acceptors (Lipinski definition) is 33. The lowest BCUT2D eigenvalue weighted by molar-refractivity contribution is -0.380. The monoisotopic (exact) mass is 1440 g/mol. The van der Waals surface area contributed by atoms with Crippen LogP contribution in [0.2, 0.25) is 0 Å². The molecule has 33 heteroatoms. The number of carbonyl (C=O) groups excluding carboxylic acids is 1. The number of aliphatic hydroxyl groups is 20. The summed E-state index contributed by atoms with van der Waals surface area (Å²) < 4.78 is 72.4. The Morgan fingerprint density at radius 1 is 0.500 bits per heavy atom. The van der Waals surface area contributed by atoms with Crippen LogP contribution < -0.4 is 0 Å². The Labute approximate surface area is 579 Å². The lowest BCUT2D eigenvalue weighted by Gasteiger charge is -2.65. The van der Waals surface area contributed by atoms with E-state index in [2.05, 4.69) is 33.8 Å². The topological polar surface area (TPSA) is 532 Å². The van der Waals surface area contributed by atoms with Gasteiger partial charge in [0.15, 0.2) is 37.7 Å². The van der Waals surface area contributed by atoms with Crippen LogP contribution in [0.1, 0.15) is 114 Å². The maximum Gasteiger partial charge on any atom is 0.187 e. The predicted octanol–water partition coefficient (Wildman–Crippen LogP) is -6.10. The maximum absolute atomic E-state index is 15.6. The summed E-state index contributed by atoms with van der Waals surface area (Å²) in [5.74, 6) is -1.30. The second-order valence-corrected chi connectivity index (χ2v) is 31.7. The molecular formula is C67H112O33. The number of Topliss-reactive ketones (excluding diaryl/α,β-unsaturated/α-hetero) is 1. The number of hydrogen-bond donors (Lipinski definition) is 20. The fourth-order valence-electron chi connectivity index (χ4n) is 18.4. The highest BCUT2D eigenvalue weighted by molar-refractivity contribution is 5.88. The highest BCUT2D eigenvalue weighted by atomic mass is 16.8. The van der Waals surface area contributed by atoms with E-state index in [1.165, 1.54) is 20.8 Å². The predicted molar refractivity (Wildman–Crippen MR) is 335 cm³/mol. The number of ketones is 1. The molecule has 0 aromatic heterocycles. The van der Waals surface area contributed by atoms with Gasteiger partial charge < -0.3 is 159 Å². The first-order chi connectivity index (χ1) is 46.9. The van der Waals surface area contributed by atoms with Crippen molar-refractivity contribution >= 4 is 5.78 Å². The van der Waals surface area contributed by atoms with Gasteiger partial charge in [-0.15, -0.1) is 0 Å². The normalized spacial score (nSPS) is 51.3. The molecule has 100 heavy (non-hydrogen) atoms. The molecule has 0 spiro atoms. The number of rotatable bonds is 23. The van der Waals surface area contributed by atoms with Crippen molar-refractivity contribution in [2.24, 2.45) is 51.2 Å². The Balaban J connectivity index is 0.853. The molecule has 4 aliphatic carbocycles. The molecule has 0 aromatic rings. The molecule has 39 atom stereocenters. The van der Waals surface area contributed by atoms with Gasteiger partial charge in [-0.25, -0.2) is 0 Å². The van der Waals surface area contributed by atoms with E-state index >= 15 is 4.79 Å². The van der Waals surface area contributed by atoms with E-state index in [4.69, 9.17) is 56.8 Å². The quantitative estimate of drug-likeness (QED) is 0.0423. The summed E-state index contributed by atoms with van der Waals surface area (Å²) in [6, 6.07) is 0. The van der Waals surface area contributed by atoms with Gasteiger partial charge in [0.2, 0.25) is 0 Å². The van der Waals surface area contributed by atoms with Crippen LogP contribution in [0.5, 0.6) is 0 Å². The van der Waals surface area contributed by atoms with Crippen molar-refractivity contribution in [3.63, 3.8) is 0 Å². The van der Waals surface area contributed by atoms with E-state index in [1.807, 2.05) is 13.8 Å². The van der Waals surface area contributed by atoms with E-state index in [9.17, 15) is 102 Å². The lowest BCUT2D eigenvalue weighted by Crippen LogP contribution is -2.66. The Kier molecular flexibility index (Phi) is 25.3. The zero-order chi connectivity index (χ0) is 73.5. The number of aliphatic hydroxyl groups excluding tert-OH is 19. The standard InChI is InChI=1S/C67H112O33/c1-25(10-14-39(64(5,6)88)98-62-56(100-60-54(87)49(82)44(77)33(22-71)94-60)51(84)45(78)34(96-62)23-89-57-41(74)26(2)40(73)30(19-68)91-57)27-16-17-65(7)36-13-11-28-29(67(36,9)37(72)18-66(27,65)8)12-15-38(63(28,3)4)97-61-55(99-59-53(86)48(81)43(76)32(21-70)93-59)50(83)46(79)35(95-61)24-90-58-52(85)47(80)42(75)31(20-69)92-58/h11,25-27,29-36,38-62,68-71,73-88H,10,12-24H2,1-9H3/t25-,26+,27?,29?,30-,31-,32+,33+,34-,35-,36?,38+,39-,40+,41-,42-,43+,44+,45-,46-,47+,48-,49-,50+,51+,52-,53+,54+,55-,56-,57-,58-,59-,60-,61+,62+,65+,66-,67+/m1/s1. The summed E-state index contributed by atoms with van der Waals surface area (Å²) in [6.45, 7) is 12.9. The minimum absolute atomic E-state index is 0.0355. The molecule has 0 bridgehead atoms. The third-order valence-corrected chi connectivity index (χ3v) is 25.1. The van der Waals surface area contributed by atoms with Crippen molar-refractivity contribution in [2.75, 3.05) is 39.6 Å². The molecule has 3 unspecified atom stereocenters. The summed E-state index contributed by atoms with van der Waals surface area (Å²) in [7, 11) is 0. The smallest absolute Gasteiger partial charge is 0.187 e. The Morgan fingerprint density at radius 2 is 0.930 bits per heavy atom. The third kappa shape index (κ3) is 14.7. The van der Waals surface area contributed by atoms with Crippen molar-refractivity contribution in [3.8, 4) is 0 Å². The first kappa shape index (κ1) is 80.7. The molecule has 20 N–H and O–H groups in total. The number of fused-ring (bicyclic) bond motifs is 5. The Bertz CT molecular complexity index is 2720. The van der Waals surface area contributed by atoms with Gasteiger partial charge in [0, 0.05) is 23.2 Å². The first-order valence-electron chi connectivity index (χ1n) is 35.2. The van der Waals surface area contributed by atoms with E-state index in [-0.39, 0.29) is 42.3 Å². The number of carbonyl (C=O) groups is 1. The van der Waals surface area contributed by atoms with Gasteiger partial charge in [0.1, 0.15) is 140 Å². The highest BCUT2D eigenvalue weighted by Crippen LogP contribution is 2.74. The highest BCUT2D eigenvalue weighted by Gasteiger charge is 2.71. The largest absolute Gasteiger partial charge is 0.394 e. The molecule has 6 saturated heterocycles. The average molecular weight is 1450 g/mol. The molecule has 6 aliphatic heterocycles. The molecule has 0 aromatic carbocycles. The second kappa shape index (κ2) is 31.4. The molecule has 6 heterocycles. The molecule has 0 radical (unpaired) electrons. The molecule has 33 nitrogen and oxygen atoms in total. The van der Waals surface area contributed by atoms with Crippen LogP contribution in [0.3, 0.4) is 0 Å². The van der Waals surface area contributed by atoms with Crippen LogP contribution >= 0.6 is 0 Å². The summed E-state index contributed by atoms with van der Waals surface area (Å²) in [5, 5.41) is 216. The summed E-state index contributed by atoms with van der Waals surface area (Å²) in [4.78, 5) is 15.6. The summed E-state index contributed by atoms with van der Waals surface area (Å²) in [6.07, 6.45) is -44.8. The van der Waals surface area contributed by atoms with Gasteiger partial charge in [-0.05, 0) is 93.3 Å². The van der Waals surface area contributed by atoms with Crippen molar-refractivity contribution in [3.05, 3.63) is 11.6 Å². The maximum atomic E-state index is 15.6. The van der Waals surface area contributed by atoms with Crippen molar-refractivity contribution < 1.29 is 164 Å². The SMILES string of the molecule is C[C@@H]1[C@@H](O)[C@H](OC[C@H]2O[C@@H](O[C@H](CC[C@@H](C)C3CC[C@@]4(C)C5CC=C6C(CC[C@H](O[C@@H]7O[C@H](CO[C@@H]8O[C@H](CO)[C@@H](O)[C@H](O)[C@H]8O)[C@@H](O)[C@H](O)[C@H]7O[C@H]7O[C@@H](CO)[C@H](O)[C@@H](O)[C@@H]7O)C6(C)C)[C@]5(C)C(=O)C[C@]34C)C(C)(C)O)[C@H](O[C@H]3O[C@@H](CO)[C@H](O)[C@@H](O)[C@@H]3O)[C@@H](O)[C@@H]2O)O[C@H](CO)[C@H]1O. The van der Waals surface area contributed by atoms with Crippen LogP contribution in [0.25, 0.3) is 0 Å². The number of allylic oxidation sites excluding steroid dienone is 1. The minimum Gasteiger partial charge on any atom is -0.394 e. The zero-order valence-corrected chi connectivity index (χ0v) is 58.0. The van der Waals surface area contributed by atoms with Crippen LogP contribution in [-0.4, -0.2) is 343 Å². The first-order valence-corrected chi connectivity index (χ1v) is 35.2. The molecule has 3 saturated carbocycles. The summed E-state index contributed by atoms with van der Waals surface area (Å²) >= 11 is 0. The minimum atomic E-state index is -1.96. The van der Waals surface area contributed by atoms with E-state index in [1.54, 1.807) is 0 Å². The van der Waals surface area contributed by atoms with E-state index < -0.39 is 263 Å². The van der Waals surface area contributed by atoms with Gasteiger partial charge in [0.05, 0.1) is 63.6 Å². The van der Waals surface area contributed by atoms with Crippen molar-refractivity contribution in [1.82, 2.24) is 0 Å². The molecule has 9 fully saturated rings. The second-order valence-electron chi connectivity index (χ2n) is 31.7. The van der Waals surface area contributed by atoms with Crippen molar-refractivity contribution in [2.45, 2.75) is 310 Å². The van der Waals surface area contributed by atoms with Crippen LogP contribution in [0, 0.1) is 51.2 Å². The molecule has 0 amide bonds. The van der Waals surface area contributed by atoms with Gasteiger partial charge in [-0.3, -0.25) is 4.79 Å². The Morgan fingerprint density at radius 3 is 1.42 bits per heavy atom. The van der Waals surface area contributed by atoms with Crippen molar-refractivity contribution in [1.29, 1.82) is 0 Å². The van der Waals surface area contributed by atoms with Gasteiger partial charge in [-0.1, -0.05) is 60.1 Å². The summed E-state index contributed by atoms with van der Waals surface area (Å²) in [5.41, 5.74) is -3.41. The van der Waals surface area contributed by atoms with Gasteiger partial charge in [0.25, 0.3) is 0 Å². The average Bonchev–Trinajstić information content (AvgIpc) is 1.32. The van der Waals surface area contributed by atoms with Crippen LogP contribution in [-0.2, 0) is 61.6 Å². The van der Waals surface area contributed by atoms with Gasteiger partial charge in [-0.2, -0.15) is 0 Å². The van der Waals surface area contributed by atoms with E-state index in [0.29, 0.717) is 25.7 Å². The zero-order valence-electron chi connectivity index (χ0n) is 58.0. The molecule has 10 rings (SSSR count). The van der Waals surface area contributed by atoms with Gasteiger partial charge >= 0.3 is 0 Å². The third-order valence-electron chi connectivity index (χ3n) is 25.1. The fourth-order valence-corrected chi connectivity index (χ4v) is 18.4. The van der Waals surface area contributed by atoms with Crippen LogP contribution in [0.4, 0.5) is 0 Å². The fraction of sp³-hybridized carbons (Fsp3) is 0.955. The molecule has 10 aliphatic rings. The molecule has 578 valence electrons. The Hall–Kier alpha value is -1.87. The lowest BCUT2D eigenvalue weighted by atomic mass is 9.38. The number of ether oxygens (including phenoxy) is 12. The van der Waals surface area contributed by atoms with Crippen LogP contribution in [0.15, 0.2) is 11.6 Å². The molecular weight excluding hydrogens is 1330 g/mol.